The van der Waals surface area contributed by atoms with Gasteiger partial charge in [0.2, 0.25) is 10.0 Å². The molecule has 1 aromatic carbocycles. The number of hydrogen-bond acceptors (Lipinski definition) is 5. The number of halogens is 6. The van der Waals surface area contributed by atoms with Crippen molar-refractivity contribution in [3.8, 4) is 5.69 Å². The Morgan fingerprint density at radius 3 is 2.14 bits per heavy atom. The molecule has 2 rings (SSSR count). The van der Waals surface area contributed by atoms with Crippen LogP contribution >= 0.6 is 46.4 Å². The number of rotatable bonds is 9. The standard InChI is InChI=1S/C11H10Cl2F2N4O3S.C8H11Cl2NO/c1-5-16-19(11(20)18(5)10(14)15)9-4-8(17-23(2,21)22)6(12)3-7(9)13;1-3-5-11(6-4-2)8(12)7(9)10/h3-4,10,17H,1-2H3;3-4,7H,1-2,5-6H2. The fraction of sp³-hybridized carbons (Fsp3) is 0.316. The quantitative estimate of drug-likeness (QED) is 0.342. The highest BCUT2D eigenvalue weighted by atomic mass is 35.5. The van der Waals surface area contributed by atoms with E-state index in [0.717, 1.165) is 12.3 Å². The summed E-state index contributed by atoms with van der Waals surface area (Å²) in [7, 11) is -3.65. The predicted octanol–water partition coefficient (Wildman–Crippen LogP) is 4.41. The second-order valence-electron chi connectivity index (χ2n) is 6.67. The summed E-state index contributed by atoms with van der Waals surface area (Å²) >= 11 is 22.6. The van der Waals surface area contributed by atoms with Gasteiger partial charge in [-0.3, -0.25) is 9.52 Å². The van der Waals surface area contributed by atoms with Crippen LogP contribution in [-0.4, -0.2) is 57.8 Å². The van der Waals surface area contributed by atoms with E-state index in [1.165, 1.54) is 17.9 Å². The van der Waals surface area contributed by atoms with E-state index in [1.807, 2.05) is 0 Å². The lowest BCUT2D eigenvalue weighted by molar-refractivity contribution is -0.128. The second-order valence-corrected chi connectivity index (χ2v) is 10.3. The van der Waals surface area contributed by atoms with E-state index in [4.69, 9.17) is 46.4 Å². The molecule has 0 aliphatic carbocycles. The average Bonchev–Trinajstić information content (AvgIpc) is 3.02. The molecule has 1 amide bonds. The zero-order valence-electron chi connectivity index (χ0n) is 18.4. The number of hydrogen-bond donors (Lipinski definition) is 1. The van der Waals surface area contributed by atoms with Gasteiger partial charge in [-0.05, 0) is 19.1 Å². The van der Waals surface area contributed by atoms with Gasteiger partial charge >= 0.3 is 12.2 Å². The zero-order valence-corrected chi connectivity index (χ0v) is 22.2. The highest BCUT2D eigenvalue weighted by Gasteiger charge is 2.21. The molecular formula is C19H21Cl4F2N5O4S. The first-order chi connectivity index (χ1) is 16.1. The SMILES string of the molecule is C=CCN(CC=C)C(=O)C(Cl)Cl.Cc1nn(-c2cc(NS(C)(=O)=O)c(Cl)cc2Cl)c(=O)n1C(F)F. The summed E-state index contributed by atoms with van der Waals surface area (Å²) in [4.78, 5) is 23.7. The summed E-state index contributed by atoms with van der Waals surface area (Å²) in [5.74, 6) is -0.549. The summed E-state index contributed by atoms with van der Waals surface area (Å²) in [5.41, 5.74) is -1.27. The van der Waals surface area contributed by atoms with E-state index in [0.29, 0.717) is 17.8 Å². The van der Waals surface area contributed by atoms with E-state index >= 15 is 0 Å². The van der Waals surface area contributed by atoms with Gasteiger partial charge in [0.25, 0.3) is 5.91 Å². The average molecular weight is 595 g/mol. The van der Waals surface area contributed by atoms with Gasteiger partial charge in [0, 0.05) is 13.1 Å². The van der Waals surface area contributed by atoms with Crippen LogP contribution < -0.4 is 10.4 Å². The predicted molar refractivity (Wildman–Crippen MR) is 135 cm³/mol. The molecule has 0 unspecified atom stereocenters. The van der Waals surface area contributed by atoms with Gasteiger partial charge in [0.15, 0.2) is 4.84 Å². The van der Waals surface area contributed by atoms with Crippen molar-refractivity contribution in [3.05, 3.63) is 63.8 Å². The third kappa shape index (κ3) is 8.80. The van der Waals surface area contributed by atoms with E-state index in [2.05, 4.69) is 23.0 Å². The van der Waals surface area contributed by atoms with Gasteiger partial charge in [-0.15, -0.1) is 18.3 Å². The van der Waals surface area contributed by atoms with E-state index in [9.17, 15) is 26.8 Å². The molecule has 0 saturated heterocycles. The smallest absolute Gasteiger partial charge is 0.333 e. The molecule has 0 radical (unpaired) electrons. The van der Waals surface area contributed by atoms with Crippen molar-refractivity contribution in [1.82, 2.24) is 19.2 Å². The maximum Gasteiger partial charge on any atom is 0.355 e. The highest BCUT2D eigenvalue weighted by Crippen LogP contribution is 2.31. The van der Waals surface area contributed by atoms with Gasteiger partial charge in [-0.1, -0.05) is 58.6 Å². The van der Waals surface area contributed by atoms with Crippen LogP contribution in [0.1, 0.15) is 12.4 Å². The zero-order chi connectivity index (χ0) is 27.1. The molecule has 9 nitrogen and oxygen atoms in total. The van der Waals surface area contributed by atoms with Crippen molar-refractivity contribution < 1.29 is 22.0 Å². The summed E-state index contributed by atoms with van der Waals surface area (Å²) in [6.07, 6.45) is 4.12. The number of alkyl halides is 4. The molecule has 0 fully saturated rings. The number of carbonyl (C=O) groups excluding carboxylic acids is 1. The van der Waals surface area contributed by atoms with Gasteiger partial charge in [0.05, 0.1) is 27.7 Å². The Labute approximate surface area is 220 Å². The molecule has 0 atom stereocenters. The van der Waals surface area contributed by atoms with Gasteiger partial charge in [-0.25, -0.2) is 17.8 Å². The summed E-state index contributed by atoms with van der Waals surface area (Å²) in [6.45, 7) is 6.04. The van der Waals surface area contributed by atoms with Crippen LogP contribution in [0, 0.1) is 6.92 Å². The molecule has 0 bridgehead atoms. The lowest BCUT2D eigenvalue weighted by atomic mass is 10.3. The molecule has 1 aromatic heterocycles. The Hall–Kier alpha value is -2.12. The van der Waals surface area contributed by atoms with Crippen LogP contribution in [0.3, 0.4) is 0 Å². The van der Waals surface area contributed by atoms with Crippen LogP contribution in [0.15, 0.2) is 42.2 Å². The highest BCUT2D eigenvalue weighted by molar-refractivity contribution is 7.92. The normalized spacial score (nSPS) is 11.1. The van der Waals surface area contributed by atoms with Crippen molar-refractivity contribution in [1.29, 1.82) is 0 Å². The maximum atomic E-state index is 12.8. The molecule has 0 aliphatic heterocycles. The lowest BCUT2D eigenvalue weighted by Gasteiger charge is -2.19. The molecule has 1 heterocycles. The number of amides is 1. The molecule has 35 heavy (non-hydrogen) atoms. The van der Waals surface area contributed by atoms with Crippen LogP contribution in [0.5, 0.6) is 0 Å². The monoisotopic (exact) mass is 593 g/mol. The van der Waals surface area contributed by atoms with Gasteiger partial charge in [-0.2, -0.15) is 13.5 Å². The van der Waals surface area contributed by atoms with Crippen molar-refractivity contribution in [2.24, 2.45) is 0 Å². The van der Waals surface area contributed by atoms with Crippen LogP contribution in [0.25, 0.3) is 5.69 Å². The third-order valence-electron chi connectivity index (χ3n) is 3.93. The Morgan fingerprint density at radius 1 is 1.20 bits per heavy atom. The molecule has 16 heteroatoms. The van der Waals surface area contributed by atoms with E-state index in [-0.39, 0.29) is 37.7 Å². The van der Waals surface area contributed by atoms with Crippen molar-refractivity contribution in [3.63, 3.8) is 0 Å². The third-order valence-corrected chi connectivity index (χ3v) is 5.51. The van der Waals surface area contributed by atoms with Gasteiger partial charge in [0.1, 0.15) is 5.82 Å². The minimum Gasteiger partial charge on any atom is -0.333 e. The fourth-order valence-corrected chi connectivity index (χ4v) is 3.95. The molecule has 0 saturated carbocycles. The number of carbonyl (C=O) groups is 1. The number of anilines is 1. The van der Waals surface area contributed by atoms with Crippen molar-refractivity contribution in [2.45, 2.75) is 18.3 Å². The first kappa shape index (κ1) is 30.9. The summed E-state index contributed by atoms with van der Waals surface area (Å²) in [6, 6.07) is 2.31. The topological polar surface area (TPSA) is 106 Å². The first-order valence-electron chi connectivity index (χ1n) is 9.36. The largest absolute Gasteiger partial charge is 0.355 e. The maximum absolute atomic E-state index is 12.8. The fourth-order valence-electron chi connectivity index (χ4n) is 2.54. The lowest BCUT2D eigenvalue weighted by Crippen LogP contribution is -2.35. The minimum absolute atomic E-state index is 0.0257. The summed E-state index contributed by atoms with van der Waals surface area (Å²) < 4.78 is 51.3. The Morgan fingerprint density at radius 2 is 1.74 bits per heavy atom. The van der Waals surface area contributed by atoms with Crippen LogP contribution in [0.4, 0.5) is 14.5 Å². The van der Waals surface area contributed by atoms with Gasteiger partial charge < -0.3 is 4.90 Å². The van der Waals surface area contributed by atoms with Crippen LogP contribution in [0.2, 0.25) is 10.0 Å². The minimum atomic E-state index is -3.65. The molecule has 2 aromatic rings. The van der Waals surface area contributed by atoms with E-state index < -0.39 is 27.1 Å². The van der Waals surface area contributed by atoms with Crippen molar-refractivity contribution >= 4 is 68.0 Å². The molecule has 194 valence electrons. The number of benzene rings is 1. The number of aryl methyl sites for hydroxylation is 1. The van der Waals surface area contributed by atoms with E-state index in [1.54, 1.807) is 12.2 Å². The summed E-state index contributed by atoms with van der Waals surface area (Å²) in [5, 5.41) is 3.63. The Bertz CT molecular complexity index is 1240. The number of nitrogens with one attached hydrogen (secondary N) is 1. The Kier molecular flexibility index (Phi) is 11.7. The first-order valence-corrected chi connectivity index (χ1v) is 12.9. The molecule has 1 N–H and O–H groups in total. The molecule has 0 spiro atoms. The molecular weight excluding hydrogens is 574 g/mol. The van der Waals surface area contributed by atoms with Crippen molar-refractivity contribution in [2.75, 3.05) is 24.1 Å². The number of aromatic nitrogens is 3. The second kappa shape index (κ2) is 13.3. The van der Waals surface area contributed by atoms with Crippen LogP contribution in [-0.2, 0) is 14.8 Å². The number of sulfonamides is 1. The molecule has 0 aliphatic rings. The number of nitrogens with zero attached hydrogens (tertiary/aromatic N) is 4. The Balaban J connectivity index is 0.000000434.